The maximum Gasteiger partial charge on any atom is 0.469 e. The molecule has 0 aliphatic carbocycles. The first kappa shape index (κ1) is 11.3. The standard InChI is InChI=1S/C2H7O4P.H2S/c1-2-6-7(3,4)5;/h2H2,1H3,(H2,3,4,5);1H2. The summed E-state index contributed by atoms with van der Waals surface area (Å²) in [4.78, 5) is 15.8. The molecule has 0 unspecified atom stereocenters. The van der Waals surface area contributed by atoms with Gasteiger partial charge in [-0.05, 0) is 6.92 Å². The molecule has 0 rings (SSSR count). The Morgan fingerprint density at radius 3 is 2.00 bits per heavy atom. The van der Waals surface area contributed by atoms with Crippen molar-refractivity contribution in [3.63, 3.8) is 0 Å². The molecule has 0 aromatic heterocycles. The molecule has 4 nitrogen and oxygen atoms in total. The van der Waals surface area contributed by atoms with E-state index in [1.54, 1.807) is 0 Å². The molecular weight excluding hydrogens is 151 g/mol. The SMILES string of the molecule is CCOP(=O)(O)O.S. The van der Waals surface area contributed by atoms with E-state index in [2.05, 4.69) is 4.52 Å². The second-order valence-corrected chi connectivity index (χ2v) is 2.15. The minimum Gasteiger partial charge on any atom is -0.303 e. The molecule has 0 saturated carbocycles. The highest BCUT2D eigenvalue weighted by atomic mass is 32.1. The van der Waals surface area contributed by atoms with Crippen molar-refractivity contribution in [3.05, 3.63) is 0 Å². The lowest BCUT2D eigenvalue weighted by Crippen LogP contribution is -1.84. The summed E-state index contributed by atoms with van der Waals surface area (Å²) in [7, 11) is -4.17. The Bertz CT molecular complexity index is 88.0. The first-order valence-corrected chi connectivity index (χ1v) is 3.29. The molecular formula is C2H9O4PS. The van der Waals surface area contributed by atoms with Gasteiger partial charge in [0, 0.05) is 0 Å². The lowest BCUT2D eigenvalue weighted by atomic mass is 10.9. The molecule has 52 valence electrons. The van der Waals surface area contributed by atoms with Crippen molar-refractivity contribution in [2.45, 2.75) is 6.92 Å². The largest absolute Gasteiger partial charge is 0.469 e. The number of phosphoric ester groups is 1. The fourth-order valence-electron chi connectivity index (χ4n) is 0.168. The highest BCUT2D eigenvalue weighted by Gasteiger charge is 2.10. The van der Waals surface area contributed by atoms with Crippen molar-refractivity contribution in [2.75, 3.05) is 6.61 Å². The van der Waals surface area contributed by atoms with Gasteiger partial charge in [-0.15, -0.1) is 0 Å². The van der Waals surface area contributed by atoms with Crippen LogP contribution in [0.25, 0.3) is 0 Å². The van der Waals surface area contributed by atoms with Crippen LogP contribution >= 0.6 is 21.3 Å². The number of hydrogen-bond donors (Lipinski definition) is 2. The summed E-state index contributed by atoms with van der Waals surface area (Å²) in [5, 5.41) is 0. The molecule has 0 spiro atoms. The van der Waals surface area contributed by atoms with Crippen LogP contribution in [0.15, 0.2) is 0 Å². The summed E-state index contributed by atoms with van der Waals surface area (Å²) in [5.74, 6) is 0. The highest BCUT2D eigenvalue weighted by Crippen LogP contribution is 2.34. The number of hydrogen-bond acceptors (Lipinski definition) is 2. The molecule has 0 fully saturated rings. The van der Waals surface area contributed by atoms with Gasteiger partial charge in [-0.1, -0.05) is 0 Å². The second kappa shape index (κ2) is 4.35. The summed E-state index contributed by atoms with van der Waals surface area (Å²) in [5.41, 5.74) is 0. The van der Waals surface area contributed by atoms with Gasteiger partial charge < -0.3 is 9.79 Å². The van der Waals surface area contributed by atoms with Crippen LogP contribution in [0, 0.1) is 0 Å². The van der Waals surface area contributed by atoms with Crippen LogP contribution in [0.1, 0.15) is 6.92 Å². The lowest BCUT2D eigenvalue weighted by molar-refractivity contribution is 0.206. The molecule has 6 heteroatoms. The van der Waals surface area contributed by atoms with Crippen LogP contribution in [0.2, 0.25) is 0 Å². The van der Waals surface area contributed by atoms with E-state index in [1.165, 1.54) is 6.92 Å². The van der Waals surface area contributed by atoms with Crippen LogP contribution in [0.4, 0.5) is 0 Å². The lowest BCUT2D eigenvalue weighted by Gasteiger charge is -1.98. The Labute approximate surface area is 54.5 Å². The van der Waals surface area contributed by atoms with Crippen LogP contribution in [-0.2, 0) is 9.09 Å². The summed E-state index contributed by atoms with van der Waals surface area (Å²) in [6, 6.07) is 0. The topological polar surface area (TPSA) is 66.8 Å². The van der Waals surface area contributed by atoms with Gasteiger partial charge >= 0.3 is 7.82 Å². The van der Waals surface area contributed by atoms with E-state index < -0.39 is 7.82 Å². The molecule has 0 amide bonds. The van der Waals surface area contributed by atoms with Crippen molar-refractivity contribution in [1.29, 1.82) is 0 Å². The van der Waals surface area contributed by atoms with E-state index in [1.807, 2.05) is 0 Å². The van der Waals surface area contributed by atoms with Gasteiger partial charge in [0.05, 0.1) is 6.61 Å². The molecule has 0 heterocycles. The Hall–Kier alpha value is 0.460. The highest BCUT2D eigenvalue weighted by molar-refractivity contribution is 7.59. The Morgan fingerprint density at radius 1 is 1.62 bits per heavy atom. The van der Waals surface area contributed by atoms with Gasteiger partial charge in [-0.2, -0.15) is 13.5 Å². The smallest absolute Gasteiger partial charge is 0.303 e. The van der Waals surface area contributed by atoms with Gasteiger partial charge in [0.1, 0.15) is 0 Å². The van der Waals surface area contributed by atoms with E-state index in [0.29, 0.717) is 0 Å². The molecule has 0 aromatic rings. The minimum atomic E-state index is -4.17. The molecule has 0 radical (unpaired) electrons. The van der Waals surface area contributed by atoms with E-state index in [4.69, 9.17) is 9.79 Å². The number of phosphoric acid groups is 1. The van der Waals surface area contributed by atoms with Crippen molar-refractivity contribution < 1.29 is 18.9 Å². The Morgan fingerprint density at radius 2 is 2.00 bits per heavy atom. The molecule has 2 N–H and O–H groups in total. The summed E-state index contributed by atoms with van der Waals surface area (Å²) < 4.78 is 13.6. The maximum atomic E-state index is 9.70. The van der Waals surface area contributed by atoms with Gasteiger partial charge in [0.25, 0.3) is 0 Å². The zero-order chi connectivity index (χ0) is 5.91. The average molecular weight is 160 g/mol. The Balaban J connectivity index is 0. The molecule has 0 bridgehead atoms. The monoisotopic (exact) mass is 160 g/mol. The molecule has 8 heavy (non-hydrogen) atoms. The fourth-order valence-corrected chi connectivity index (χ4v) is 0.505. The fraction of sp³-hybridized carbons (Fsp3) is 1.00. The average Bonchev–Trinajstić information content (AvgIpc) is 1.30. The summed E-state index contributed by atoms with van der Waals surface area (Å²) in [6.45, 7) is 1.56. The predicted molar refractivity (Wildman–Crippen MR) is 34.1 cm³/mol. The third-order valence-electron chi connectivity index (χ3n) is 0.297. The van der Waals surface area contributed by atoms with E-state index in [0.717, 1.165) is 0 Å². The minimum absolute atomic E-state index is 0. The first-order chi connectivity index (χ1) is 3.06. The van der Waals surface area contributed by atoms with Crippen LogP contribution in [0.5, 0.6) is 0 Å². The summed E-state index contributed by atoms with van der Waals surface area (Å²) in [6.07, 6.45) is 0. The van der Waals surface area contributed by atoms with Crippen molar-refractivity contribution >= 4 is 21.3 Å². The molecule has 0 aromatic carbocycles. The normalized spacial score (nSPS) is 10.4. The second-order valence-electron chi connectivity index (χ2n) is 0.908. The quantitative estimate of drug-likeness (QED) is 0.567. The predicted octanol–water partition coefficient (Wildman–Crippen LogP) is 0.228. The van der Waals surface area contributed by atoms with Crippen molar-refractivity contribution in [2.24, 2.45) is 0 Å². The molecule has 0 saturated heterocycles. The third-order valence-corrected chi connectivity index (χ3v) is 0.892. The van der Waals surface area contributed by atoms with Gasteiger partial charge in [0.2, 0.25) is 0 Å². The van der Waals surface area contributed by atoms with E-state index in [-0.39, 0.29) is 20.1 Å². The molecule has 0 aliphatic rings. The number of rotatable bonds is 2. The summed E-state index contributed by atoms with van der Waals surface area (Å²) >= 11 is 0. The van der Waals surface area contributed by atoms with Crippen molar-refractivity contribution in [1.82, 2.24) is 0 Å². The van der Waals surface area contributed by atoms with Gasteiger partial charge in [-0.25, -0.2) is 4.57 Å². The molecule has 0 atom stereocenters. The maximum absolute atomic E-state index is 9.70. The zero-order valence-corrected chi connectivity index (χ0v) is 6.26. The van der Waals surface area contributed by atoms with E-state index in [9.17, 15) is 4.57 Å². The third kappa shape index (κ3) is 9.68. The van der Waals surface area contributed by atoms with Crippen LogP contribution in [0.3, 0.4) is 0 Å². The first-order valence-electron chi connectivity index (χ1n) is 1.76. The van der Waals surface area contributed by atoms with Gasteiger partial charge in [-0.3, -0.25) is 4.52 Å². The van der Waals surface area contributed by atoms with Crippen molar-refractivity contribution in [3.8, 4) is 0 Å². The molecule has 0 aliphatic heterocycles. The zero-order valence-electron chi connectivity index (χ0n) is 4.37. The van der Waals surface area contributed by atoms with Crippen LogP contribution < -0.4 is 0 Å². The van der Waals surface area contributed by atoms with Crippen LogP contribution in [-0.4, -0.2) is 16.4 Å². The Kier molecular flexibility index (Phi) is 6.13. The van der Waals surface area contributed by atoms with Gasteiger partial charge in [0.15, 0.2) is 0 Å². The van der Waals surface area contributed by atoms with E-state index >= 15 is 0 Å².